The number of amides is 1. The van der Waals surface area contributed by atoms with E-state index in [0.717, 1.165) is 0 Å². The van der Waals surface area contributed by atoms with Crippen molar-refractivity contribution in [3.05, 3.63) is 0 Å². The van der Waals surface area contributed by atoms with Crippen molar-refractivity contribution in [3.63, 3.8) is 0 Å². The van der Waals surface area contributed by atoms with Crippen LogP contribution in [0.5, 0.6) is 0 Å². The van der Waals surface area contributed by atoms with Gasteiger partial charge in [-0.3, -0.25) is 4.79 Å². The second kappa shape index (κ2) is 2.47. The Balaban J connectivity index is 2.78. The molecule has 0 bridgehead atoms. The molecule has 1 amide bonds. The van der Waals surface area contributed by atoms with Crippen molar-refractivity contribution in [2.75, 3.05) is 0 Å². The summed E-state index contributed by atoms with van der Waals surface area (Å²) in [5.74, 6) is -0.00849. The van der Waals surface area contributed by atoms with E-state index in [1.165, 1.54) is 0 Å². The Labute approximate surface area is 64.4 Å². The van der Waals surface area contributed by atoms with Crippen LogP contribution in [-0.4, -0.2) is 33.9 Å². The SMILES string of the molecule is BN1C(=O)C(C)[S+]([O-])C1C. The quantitative estimate of drug-likeness (QED) is 0.331. The first-order chi connectivity index (χ1) is 4.55. The number of carbonyl (C=O) groups excluding carboxylic acids is 1. The van der Waals surface area contributed by atoms with Crippen molar-refractivity contribution < 1.29 is 9.35 Å². The normalized spacial score (nSPS) is 40.9. The first-order valence-electron chi connectivity index (χ1n) is 3.21. The lowest BCUT2D eigenvalue weighted by Gasteiger charge is -2.14. The summed E-state index contributed by atoms with van der Waals surface area (Å²) in [5.41, 5.74) is 0. The van der Waals surface area contributed by atoms with Gasteiger partial charge >= 0.3 is 0 Å². The molecule has 1 saturated heterocycles. The Bertz CT molecular complexity index is 150. The first kappa shape index (κ1) is 7.95. The standard InChI is InChI=1S/C5H10BNO2S/c1-3-5(8)7(6)4(2)10(3)9/h3-4H,6H2,1-2H3. The summed E-state index contributed by atoms with van der Waals surface area (Å²) in [6.07, 6.45) is 0. The van der Waals surface area contributed by atoms with Crippen LogP contribution in [0.4, 0.5) is 0 Å². The fourth-order valence-corrected chi connectivity index (χ4v) is 2.39. The Kier molecular flexibility index (Phi) is 1.96. The number of rotatable bonds is 0. The summed E-state index contributed by atoms with van der Waals surface area (Å²) in [4.78, 5) is 12.6. The molecule has 0 aromatic heterocycles. The molecule has 0 radical (unpaired) electrons. The second-order valence-corrected chi connectivity index (χ2v) is 4.57. The molecule has 0 saturated carbocycles. The minimum atomic E-state index is -0.996. The number of carbonyl (C=O) groups is 1. The van der Waals surface area contributed by atoms with Crippen molar-refractivity contribution >= 4 is 25.1 Å². The summed E-state index contributed by atoms with van der Waals surface area (Å²) >= 11 is -0.996. The Morgan fingerprint density at radius 1 is 1.70 bits per heavy atom. The molecule has 0 N–H and O–H groups in total. The van der Waals surface area contributed by atoms with Crippen LogP contribution in [0.2, 0.25) is 0 Å². The van der Waals surface area contributed by atoms with Crippen LogP contribution in [0.1, 0.15) is 13.8 Å². The van der Waals surface area contributed by atoms with E-state index < -0.39 is 11.2 Å². The molecule has 10 heavy (non-hydrogen) atoms. The molecule has 1 aliphatic rings. The molecule has 0 aromatic carbocycles. The summed E-state index contributed by atoms with van der Waals surface area (Å²) in [5, 5.41) is -0.414. The smallest absolute Gasteiger partial charge is 0.266 e. The van der Waals surface area contributed by atoms with Gasteiger partial charge in [-0.25, -0.2) is 0 Å². The predicted octanol–water partition coefficient (Wildman–Crippen LogP) is -1.14. The zero-order chi connectivity index (χ0) is 7.89. The maximum absolute atomic E-state index is 11.2. The molecule has 3 unspecified atom stereocenters. The molecule has 1 rings (SSSR count). The number of hydrogen-bond donors (Lipinski definition) is 0. The minimum Gasteiger partial charge on any atom is -0.614 e. The molecule has 1 aliphatic heterocycles. The van der Waals surface area contributed by atoms with Gasteiger partial charge < -0.3 is 9.36 Å². The molecule has 0 spiro atoms. The van der Waals surface area contributed by atoms with Crippen molar-refractivity contribution in [1.82, 2.24) is 4.81 Å². The third-order valence-electron chi connectivity index (χ3n) is 1.93. The maximum Gasteiger partial charge on any atom is 0.266 e. The number of nitrogens with zero attached hydrogens (tertiary/aromatic N) is 1. The molecule has 0 aliphatic carbocycles. The zero-order valence-electron chi connectivity index (χ0n) is 6.33. The van der Waals surface area contributed by atoms with Crippen molar-refractivity contribution in [1.29, 1.82) is 0 Å². The van der Waals surface area contributed by atoms with Gasteiger partial charge in [-0.2, -0.15) is 0 Å². The highest BCUT2D eigenvalue weighted by molar-refractivity contribution is 7.93. The van der Waals surface area contributed by atoms with E-state index in [4.69, 9.17) is 0 Å². The van der Waals surface area contributed by atoms with Gasteiger partial charge in [0, 0.05) is 6.92 Å². The van der Waals surface area contributed by atoms with Gasteiger partial charge in [0.25, 0.3) is 5.91 Å². The van der Waals surface area contributed by atoms with Crippen LogP contribution in [0.3, 0.4) is 0 Å². The average Bonchev–Trinajstić information content (AvgIpc) is 2.07. The Morgan fingerprint density at radius 2 is 2.20 bits per heavy atom. The minimum absolute atomic E-state index is 0.00849. The van der Waals surface area contributed by atoms with E-state index in [0.29, 0.717) is 0 Å². The fourth-order valence-electron chi connectivity index (χ4n) is 1.02. The topological polar surface area (TPSA) is 43.4 Å². The van der Waals surface area contributed by atoms with Crippen LogP contribution in [0.15, 0.2) is 0 Å². The fraction of sp³-hybridized carbons (Fsp3) is 0.800. The zero-order valence-corrected chi connectivity index (χ0v) is 7.14. The third-order valence-corrected chi connectivity index (χ3v) is 3.81. The molecule has 1 heterocycles. The highest BCUT2D eigenvalue weighted by Gasteiger charge is 2.43. The third kappa shape index (κ3) is 0.933. The average molecular weight is 159 g/mol. The Hall–Kier alpha value is -0.155. The second-order valence-electron chi connectivity index (χ2n) is 2.52. The lowest BCUT2D eigenvalue weighted by molar-refractivity contribution is -0.125. The monoisotopic (exact) mass is 159 g/mol. The van der Waals surface area contributed by atoms with Crippen LogP contribution >= 0.6 is 0 Å². The van der Waals surface area contributed by atoms with Crippen LogP contribution in [0.25, 0.3) is 0 Å². The summed E-state index contributed by atoms with van der Waals surface area (Å²) in [6, 6.07) is 0. The molecule has 56 valence electrons. The maximum atomic E-state index is 11.2. The molecular weight excluding hydrogens is 149 g/mol. The molecule has 3 atom stereocenters. The van der Waals surface area contributed by atoms with Crippen LogP contribution in [-0.2, 0) is 16.0 Å². The van der Waals surface area contributed by atoms with Crippen molar-refractivity contribution in [3.8, 4) is 0 Å². The summed E-state index contributed by atoms with van der Waals surface area (Å²) < 4.78 is 11.2. The molecule has 1 fully saturated rings. The van der Waals surface area contributed by atoms with E-state index >= 15 is 0 Å². The number of hydrogen-bond acceptors (Lipinski definition) is 2. The van der Waals surface area contributed by atoms with Gasteiger partial charge in [0.1, 0.15) is 0 Å². The van der Waals surface area contributed by atoms with Gasteiger partial charge in [0.05, 0.1) is 0 Å². The van der Waals surface area contributed by atoms with Gasteiger partial charge in [0.2, 0.25) is 7.98 Å². The van der Waals surface area contributed by atoms with Gasteiger partial charge in [0.15, 0.2) is 10.6 Å². The largest absolute Gasteiger partial charge is 0.614 e. The van der Waals surface area contributed by atoms with Crippen LogP contribution < -0.4 is 0 Å². The lowest BCUT2D eigenvalue weighted by atomic mass is 10.2. The van der Waals surface area contributed by atoms with E-state index in [1.54, 1.807) is 26.6 Å². The van der Waals surface area contributed by atoms with E-state index in [2.05, 4.69) is 0 Å². The summed E-state index contributed by atoms with van der Waals surface area (Å²) in [6.45, 7) is 3.51. The van der Waals surface area contributed by atoms with Gasteiger partial charge in [-0.15, -0.1) is 0 Å². The van der Waals surface area contributed by atoms with E-state index in [1.807, 2.05) is 0 Å². The van der Waals surface area contributed by atoms with Gasteiger partial charge in [-0.05, 0) is 18.1 Å². The molecule has 0 aromatic rings. The summed E-state index contributed by atoms with van der Waals surface area (Å²) in [7, 11) is 1.69. The predicted molar refractivity (Wildman–Crippen MR) is 42.5 cm³/mol. The van der Waals surface area contributed by atoms with E-state index in [-0.39, 0.29) is 16.5 Å². The van der Waals surface area contributed by atoms with Crippen LogP contribution in [0, 0.1) is 0 Å². The molecular formula is C5H10BNO2S. The Morgan fingerprint density at radius 3 is 2.30 bits per heavy atom. The van der Waals surface area contributed by atoms with Gasteiger partial charge in [-0.1, -0.05) is 0 Å². The highest BCUT2D eigenvalue weighted by Crippen LogP contribution is 2.21. The highest BCUT2D eigenvalue weighted by atomic mass is 32.2. The van der Waals surface area contributed by atoms with Crippen molar-refractivity contribution in [2.45, 2.75) is 24.5 Å². The first-order valence-corrected chi connectivity index (χ1v) is 4.49. The molecule has 3 nitrogen and oxygen atoms in total. The van der Waals surface area contributed by atoms with Crippen molar-refractivity contribution in [2.24, 2.45) is 0 Å². The lowest BCUT2D eigenvalue weighted by Crippen LogP contribution is -2.30. The molecule has 5 heteroatoms. The van der Waals surface area contributed by atoms with E-state index in [9.17, 15) is 9.35 Å².